The lowest BCUT2D eigenvalue weighted by molar-refractivity contribution is -0.120. The van der Waals surface area contributed by atoms with Gasteiger partial charge < -0.3 is 15.4 Å². The van der Waals surface area contributed by atoms with Crippen LogP contribution in [-0.2, 0) is 9.53 Å². The van der Waals surface area contributed by atoms with Crippen LogP contribution in [0.15, 0.2) is 12.1 Å². The summed E-state index contributed by atoms with van der Waals surface area (Å²) in [6, 6.07) is 1.61. The summed E-state index contributed by atoms with van der Waals surface area (Å²) in [4.78, 5) is 11.4. The number of amides is 1. The number of carbonyl (C=O) groups excluding carboxylic acids is 1. The van der Waals surface area contributed by atoms with Crippen molar-refractivity contribution in [3.05, 3.63) is 29.6 Å². The van der Waals surface area contributed by atoms with Crippen LogP contribution >= 0.6 is 0 Å². The van der Waals surface area contributed by atoms with Gasteiger partial charge in [-0.25, -0.2) is 13.2 Å². The molecule has 0 radical (unpaired) electrons. The Morgan fingerprint density at radius 2 is 2.00 bits per heavy atom. The minimum atomic E-state index is -1.57. The zero-order chi connectivity index (χ0) is 14.4. The van der Waals surface area contributed by atoms with Gasteiger partial charge in [0.25, 0.3) is 0 Å². The van der Waals surface area contributed by atoms with Crippen LogP contribution in [0.5, 0.6) is 0 Å². The van der Waals surface area contributed by atoms with E-state index in [-0.39, 0.29) is 18.3 Å². The van der Waals surface area contributed by atoms with E-state index < -0.39 is 23.4 Å². The summed E-state index contributed by atoms with van der Waals surface area (Å²) in [6.07, 6.45) is 0. The van der Waals surface area contributed by atoms with Crippen molar-refractivity contribution < 1.29 is 22.7 Å². The molecule has 0 saturated carbocycles. The van der Waals surface area contributed by atoms with Gasteiger partial charge in [-0.2, -0.15) is 0 Å². The van der Waals surface area contributed by atoms with Crippen LogP contribution < -0.4 is 10.6 Å². The van der Waals surface area contributed by atoms with Crippen molar-refractivity contribution in [1.82, 2.24) is 5.32 Å². The summed E-state index contributed by atoms with van der Waals surface area (Å²) in [5, 5.41) is 4.97. The summed E-state index contributed by atoms with van der Waals surface area (Å²) >= 11 is 0. The molecule has 0 fully saturated rings. The molecular weight excluding hydrogens is 261 g/mol. The fraction of sp³-hybridized carbons (Fsp3) is 0.417. The Bertz CT molecular complexity index is 455. The fourth-order valence-corrected chi connectivity index (χ4v) is 1.46. The van der Waals surface area contributed by atoms with Crippen LogP contribution in [0, 0.1) is 17.5 Å². The Balaban J connectivity index is 2.53. The largest absolute Gasteiger partial charge is 0.383 e. The molecule has 1 atom stereocenters. The van der Waals surface area contributed by atoms with Crippen molar-refractivity contribution in [1.29, 1.82) is 0 Å². The Labute approximate surface area is 108 Å². The van der Waals surface area contributed by atoms with Gasteiger partial charge in [0.05, 0.1) is 18.8 Å². The average Bonchev–Trinajstić information content (AvgIpc) is 2.35. The second-order valence-electron chi connectivity index (χ2n) is 4.00. The minimum Gasteiger partial charge on any atom is -0.383 e. The topological polar surface area (TPSA) is 50.4 Å². The first-order valence-electron chi connectivity index (χ1n) is 5.61. The van der Waals surface area contributed by atoms with Crippen LogP contribution in [0.4, 0.5) is 18.9 Å². The van der Waals surface area contributed by atoms with E-state index in [0.717, 1.165) is 12.1 Å². The van der Waals surface area contributed by atoms with Gasteiger partial charge in [-0.15, -0.1) is 0 Å². The van der Waals surface area contributed by atoms with E-state index in [1.807, 2.05) is 0 Å². The second-order valence-corrected chi connectivity index (χ2v) is 4.00. The van der Waals surface area contributed by atoms with Crippen molar-refractivity contribution in [2.45, 2.75) is 13.0 Å². The highest BCUT2D eigenvalue weighted by atomic mass is 19.2. The van der Waals surface area contributed by atoms with Gasteiger partial charge in [0, 0.05) is 13.2 Å². The summed E-state index contributed by atoms with van der Waals surface area (Å²) in [5.41, 5.74) is -0.270. The number of hydrogen-bond donors (Lipinski definition) is 2. The van der Waals surface area contributed by atoms with Gasteiger partial charge in [-0.05, 0) is 19.1 Å². The molecule has 0 spiro atoms. The van der Waals surface area contributed by atoms with E-state index in [2.05, 4.69) is 10.6 Å². The summed E-state index contributed by atoms with van der Waals surface area (Å²) < 4.78 is 43.7. The number of rotatable bonds is 6. The smallest absolute Gasteiger partial charge is 0.239 e. The number of benzene rings is 1. The third kappa shape index (κ3) is 4.44. The third-order valence-corrected chi connectivity index (χ3v) is 2.30. The number of nitrogens with one attached hydrogen (secondary N) is 2. The predicted molar refractivity (Wildman–Crippen MR) is 64.3 cm³/mol. The number of anilines is 1. The lowest BCUT2D eigenvalue weighted by Crippen LogP contribution is -2.39. The highest BCUT2D eigenvalue weighted by molar-refractivity contribution is 5.80. The first-order valence-corrected chi connectivity index (χ1v) is 5.61. The Morgan fingerprint density at radius 1 is 1.32 bits per heavy atom. The molecule has 0 aromatic heterocycles. The minimum absolute atomic E-state index is 0.200. The van der Waals surface area contributed by atoms with Gasteiger partial charge in [-0.1, -0.05) is 0 Å². The molecule has 19 heavy (non-hydrogen) atoms. The Kier molecular flexibility index (Phi) is 5.62. The van der Waals surface area contributed by atoms with E-state index in [1.54, 1.807) is 6.92 Å². The van der Waals surface area contributed by atoms with Crippen molar-refractivity contribution in [3.8, 4) is 0 Å². The molecule has 106 valence electrons. The van der Waals surface area contributed by atoms with Gasteiger partial charge in [0.1, 0.15) is 0 Å². The molecule has 0 bridgehead atoms. The van der Waals surface area contributed by atoms with E-state index in [0.29, 0.717) is 6.61 Å². The molecule has 0 heterocycles. The Hall–Kier alpha value is -1.76. The number of hydrogen-bond acceptors (Lipinski definition) is 3. The molecule has 0 saturated heterocycles. The lowest BCUT2D eigenvalue weighted by Gasteiger charge is -2.13. The molecule has 0 aliphatic carbocycles. The zero-order valence-electron chi connectivity index (χ0n) is 10.6. The summed E-state index contributed by atoms with van der Waals surface area (Å²) in [6.45, 7) is 1.82. The third-order valence-electron chi connectivity index (χ3n) is 2.30. The highest BCUT2D eigenvalue weighted by Gasteiger charge is 2.14. The molecule has 1 unspecified atom stereocenters. The number of methoxy groups -OCH3 is 1. The monoisotopic (exact) mass is 276 g/mol. The maximum absolute atomic E-state index is 13.3. The lowest BCUT2D eigenvalue weighted by atomic mass is 10.2. The van der Waals surface area contributed by atoms with E-state index in [1.165, 1.54) is 7.11 Å². The zero-order valence-corrected chi connectivity index (χ0v) is 10.6. The van der Waals surface area contributed by atoms with Gasteiger partial charge >= 0.3 is 0 Å². The summed E-state index contributed by atoms with van der Waals surface area (Å²) in [7, 11) is 1.50. The van der Waals surface area contributed by atoms with E-state index in [9.17, 15) is 18.0 Å². The molecule has 0 aliphatic heterocycles. The van der Waals surface area contributed by atoms with E-state index >= 15 is 0 Å². The van der Waals surface area contributed by atoms with Crippen LogP contribution in [0.25, 0.3) is 0 Å². The van der Waals surface area contributed by atoms with Crippen molar-refractivity contribution >= 4 is 11.6 Å². The van der Waals surface area contributed by atoms with Gasteiger partial charge in [0.15, 0.2) is 17.5 Å². The van der Waals surface area contributed by atoms with Crippen LogP contribution in [0.3, 0.4) is 0 Å². The van der Waals surface area contributed by atoms with Crippen molar-refractivity contribution in [2.24, 2.45) is 0 Å². The molecule has 1 aromatic rings. The Morgan fingerprint density at radius 3 is 2.63 bits per heavy atom. The SMILES string of the molecule is COCC(C)NC(=O)CNc1ccc(F)c(F)c1F. The van der Waals surface area contributed by atoms with Crippen molar-refractivity contribution in [3.63, 3.8) is 0 Å². The number of halogens is 3. The fourth-order valence-electron chi connectivity index (χ4n) is 1.46. The molecule has 1 aromatic carbocycles. The predicted octanol–water partition coefficient (Wildman–Crippen LogP) is 1.67. The molecule has 1 amide bonds. The number of ether oxygens (including phenoxy) is 1. The van der Waals surface area contributed by atoms with Gasteiger partial charge in [0.2, 0.25) is 5.91 Å². The number of carbonyl (C=O) groups is 1. The first-order chi connectivity index (χ1) is 8.95. The van der Waals surface area contributed by atoms with E-state index in [4.69, 9.17) is 4.74 Å². The van der Waals surface area contributed by atoms with Crippen LogP contribution in [0.1, 0.15) is 6.92 Å². The quantitative estimate of drug-likeness (QED) is 0.777. The standard InChI is InChI=1S/C12H15F3N2O2/c1-7(6-19-2)17-10(18)5-16-9-4-3-8(13)11(14)12(9)15/h3-4,7,16H,5-6H2,1-2H3,(H,17,18). The van der Waals surface area contributed by atoms with Crippen molar-refractivity contribution in [2.75, 3.05) is 25.6 Å². The first kappa shape index (κ1) is 15.3. The average molecular weight is 276 g/mol. The van der Waals surface area contributed by atoms with Crippen LogP contribution in [0.2, 0.25) is 0 Å². The molecule has 7 heteroatoms. The van der Waals surface area contributed by atoms with Crippen LogP contribution in [-0.4, -0.2) is 32.2 Å². The normalized spacial score (nSPS) is 12.1. The molecule has 4 nitrogen and oxygen atoms in total. The maximum Gasteiger partial charge on any atom is 0.239 e. The molecular formula is C12H15F3N2O2. The molecule has 1 rings (SSSR count). The maximum atomic E-state index is 13.3. The molecule has 0 aliphatic rings. The molecule has 2 N–H and O–H groups in total. The van der Waals surface area contributed by atoms with Gasteiger partial charge in [-0.3, -0.25) is 4.79 Å². The second kappa shape index (κ2) is 6.98. The summed E-state index contributed by atoms with van der Waals surface area (Å²) in [5.74, 6) is -4.61. The highest BCUT2D eigenvalue weighted by Crippen LogP contribution is 2.19.